The number of nitrogens with two attached hydrogens (primary N) is 2. The molecule has 7 amide bonds. The molecule has 0 saturated carbocycles. The second-order valence-electron chi connectivity index (χ2n) is 19.3. The van der Waals surface area contributed by atoms with Gasteiger partial charge in [-0.1, -0.05) is 48.9 Å². The van der Waals surface area contributed by atoms with Crippen LogP contribution in [-0.4, -0.2) is 137 Å². The lowest BCUT2D eigenvalue weighted by Gasteiger charge is -2.30. The lowest BCUT2D eigenvalue weighted by molar-refractivity contribution is -0.137. The summed E-state index contributed by atoms with van der Waals surface area (Å²) in [5.41, 5.74) is 16.3. The first kappa shape index (κ1) is 56.4. The van der Waals surface area contributed by atoms with Crippen LogP contribution in [0, 0.1) is 0 Å². The summed E-state index contributed by atoms with van der Waals surface area (Å²) in [6, 6.07) is 23.2. The van der Waals surface area contributed by atoms with Crippen molar-refractivity contribution in [3.05, 3.63) is 132 Å². The molecule has 22 nitrogen and oxygen atoms in total. The number of imide groups is 1. The maximum Gasteiger partial charge on any atom is 0.410 e. The molecule has 2 saturated heterocycles. The topological polar surface area (TPSA) is 296 Å². The number of aromatic nitrogens is 3. The summed E-state index contributed by atoms with van der Waals surface area (Å²) in [6.07, 6.45) is 10.5. The summed E-state index contributed by atoms with van der Waals surface area (Å²) in [5.74, 6) is -1.96. The molecule has 3 atom stereocenters. The van der Waals surface area contributed by atoms with E-state index in [1.165, 1.54) is 18.3 Å². The molecule has 22 heteroatoms. The zero-order valence-corrected chi connectivity index (χ0v) is 43.9. The number of nitrogen functional groups attached to an aromatic ring is 1. The van der Waals surface area contributed by atoms with Gasteiger partial charge in [0, 0.05) is 75.0 Å². The molecule has 2 fully saturated rings. The number of nitrogens with zero attached hydrogens (tertiary/aromatic N) is 6. The van der Waals surface area contributed by atoms with Gasteiger partial charge in [0.1, 0.15) is 30.5 Å². The van der Waals surface area contributed by atoms with E-state index in [1.807, 2.05) is 36.4 Å². The number of benzene rings is 3. The molecule has 0 bridgehead atoms. The largest absolute Gasteiger partial charge is 0.489 e. The third-order valence-corrected chi connectivity index (χ3v) is 13.6. The number of likely N-dealkylation sites (tertiary alicyclic amines) is 1. The minimum absolute atomic E-state index is 0.0164. The van der Waals surface area contributed by atoms with Gasteiger partial charge in [-0.2, -0.15) is 0 Å². The first-order chi connectivity index (χ1) is 38.4. The molecular weight excluding hydrogens is 1010 g/mol. The first-order valence-corrected chi connectivity index (χ1v) is 26.6. The Balaban J connectivity index is 0.786. The average Bonchev–Trinajstić information content (AvgIpc) is 4.10. The monoisotopic (exact) mass is 1080 g/mol. The highest BCUT2D eigenvalue weighted by molar-refractivity contribution is 6.13. The van der Waals surface area contributed by atoms with Crippen LogP contribution in [0.2, 0.25) is 0 Å². The number of hydrogen-bond acceptors (Lipinski definition) is 16. The second kappa shape index (κ2) is 28.0. The third-order valence-electron chi connectivity index (χ3n) is 13.6. The van der Waals surface area contributed by atoms with E-state index in [0.717, 1.165) is 16.2 Å². The Morgan fingerprint density at radius 2 is 1.53 bits per heavy atom. The lowest BCUT2D eigenvalue weighted by Crippen LogP contribution is -2.53. The highest BCUT2D eigenvalue weighted by Gasteiger charge is 2.30. The predicted molar refractivity (Wildman–Crippen MR) is 294 cm³/mol. The van der Waals surface area contributed by atoms with E-state index in [1.54, 1.807) is 65.8 Å². The van der Waals surface area contributed by atoms with Crippen molar-refractivity contribution in [2.75, 3.05) is 73.7 Å². The minimum Gasteiger partial charge on any atom is -0.489 e. The third kappa shape index (κ3) is 16.1. The molecule has 0 radical (unpaired) electrons. The van der Waals surface area contributed by atoms with Crippen LogP contribution in [0.5, 0.6) is 5.75 Å². The Hall–Kier alpha value is -8.76. The molecule has 5 heterocycles. The Labute approximate surface area is 457 Å². The highest BCUT2D eigenvalue weighted by Crippen LogP contribution is 2.28. The normalized spacial score (nSPS) is 15.8. The molecular formula is C57H66N12O10. The van der Waals surface area contributed by atoms with Gasteiger partial charge in [-0.3, -0.25) is 38.7 Å². The van der Waals surface area contributed by atoms with Crippen molar-refractivity contribution in [1.82, 2.24) is 35.4 Å². The molecule has 8 N–H and O–H groups in total. The van der Waals surface area contributed by atoms with Gasteiger partial charge in [0.2, 0.25) is 17.7 Å². The molecule has 3 aliphatic heterocycles. The van der Waals surface area contributed by atoms with Crippen LogP contribution in [-0.2, 0) is 46.5 Å². The van der Waals surface area contributed by atoms with Gasteiger partial charge in [0.15, 0.2) is 11.5 Å². The number of rotatable bonds is 25. The fourth-order valence-corrected chi connectivity index (χ4v) is 9.23. The van der Waals surface area contributed by atoms with E-state index in [0.29, 0.717) is 125 Å². The summed E-state index contributed by atoms with van der Waals surface area (Å²) in [4.78, 5) is 109. The number of nitrogens with one attached hydrogen (secondary N) is 4. The molecule has 0 spiro atoms. The van der Waals surface area contributed by atoms with Crippen molar-refractivity contribution < 1.29 is 47.8 Å². The molecule has 3 aliphatic rings. The van der Waals surface area contributed by atoms with Gasteiger partial charge < -0.3 is 56.7 Å². The molecule has 0 aliphatic carbocycles. The van der Waals surface area contributed by atoms with Crippen molar-refractivity contribution in [2.45, 2.75) is 82.6 Å². The standard InChI is InChI=1S/C57H66N12O10/c58-25-7-6-11-44(65-55(74)45(33-38-9-3-1-4-10-38)63-49(70)12-5-2-8-27-69-50(71)21-22-51(69)72)54(73)62-41-17-13-39(14-18-41)37-78-57(76)68-28-24-43(36-68)79-42-19-15-40(16-20-42)46-35-61-53(59)52(64-46)56(75)66-47-34-60-26-23-48(47)67-29-31-77-32-30-67/h1,3-4,9-10,13-23,26,34-35,43-45H,2,5-8,11-12,24-25,27-33,36-37,58H2,(H2,59,61)(H,62,73)(H,63,70)(H,65,74)(H,66,75)/t43-,44+,45+/m1/s1. The number of ether oxygens (including phenoxy) is 3. The summed E-state index contributed by atoms with van der Waals surface area (Å²) in [6.45, 7) is 3.92. The Morgan fingerprint density at radius 3 is 2.28 bits per heavy atom. The van der Waals surface area contributed by atoms with Gasteiger partial charge in [-0.05, 0) is 92.2 Å². The van der Waals surface area contributed by atoms with Crippen molar-refractivity contribution in [1.29, 1.82) is 0 Å². The van der Waals surface area contributed by atoms with Gasteiger partial charge in [-0.15, -0.1) is 0 Å². The van der Waals surface area contributed by atoms with E-state index in [9.17, 15) is 33.6 Å². The Morgan fingerprint density at radius 1 is 0.772 bits per heavy atom. The average molecular weight is 1080 g/mol. The van der Waals surface area contributed by atoms with Crippen molar-refractivity contribution in [2.24, 2.45) is 5.73 Å². The molecule has 5 aromatic rings. The first-order valence-electron chi connectivity index (χ1n) is 26.6. The maximum absolute atomic E-state index is 13.9. The van der Waals surface area contributed by atoms with E-state index in [-0.39, 0.29) is 61.3 Å². The van der Waals surface area contributed by atoms with Gasteiger partial charge in [-0.25, -0.2) is 14.8 Å². The number of amides is 7. The fourth-order valence-electron chi connectivity index (χ4n) is 9.23. The zero-order chi connectivity index (χ0) is 55.5. The van der Waals surface area contributed by atoms with Crippen LogP contribution in [0.25, 0.3) is 11.3 Å². The number of hydrogen-bond donors (Lipinski definition) is 6. The summed E-state index contributed by atoms with van der Waals surface area (Å²) in [7, 11) is 0. The number of unbranched alkanes of at least 4 members (excludes halogenated alkanes) is 3. The Bertz CT molecular complexity index is 2940. The molecule has 414 valence electrons. The summed E-state index contributed by atoms with van der Waals surface area (Å²) < 4.78 is 17.4. The molecule has 2 aromatic heterocycles. The smallest absolute Gasteiger partial charge is 0.410 e. The molecule has 8 rings (SSSR count). The van der Waals surface area contributed by atoms with E-state index >= 15 is 0 Å². The zero-order valence-electron chi connectivity index (χ0n) is 43.9. The quantitative estimate of drug-likeness (QED) is 0.0339. The van der Waals surface area contributed by atoms with E-state index in [2.05, 4.69) is 41.1 Å². The van der Waals surface area contributed by atoms with Gasteiger partial charge >= 0.3 is 6.09 Å². The molecule has 0 unspecified atom stereocenters. The van der Waals surface area contributed by atoms with Crippen molar-refractivity contribution in [3.63, 3.8) is 0 Å². The summed E-state index contributed by atoms with van der Waals surface area (Å²) in [5, 5.41) is 11.5. The molecule has 79 heavy (non-hydrogen) atoms. The number of anilines is 4. The van der Waals surface area contributed by atoms with Crippen LogP contribution in [0.4, 0.5) is 27.7 Å². The van der Waals surface area contributed by atoms with Crippen LogP contribution in [0.3, 0.4) is 0 Å². The van der Waals surface area contributed by atoms with Crippen LogP contribution in [0.15, 0.2) is 116 Å². The lowest BCUT2D eigenvalue weighted by atomic mass is 10.0. The number of carbonyl (C=O) groups excluding carboxylic acids is 7. The van der Waals surface area contributed by atoms with E-state index < -0.39 is 35.9 Å². The van der Waals surface area contributed by atoms with Crippen molar-refractivity contribution >= 4 is 64.4 Å². The summed E-state index contributed by atoms with van der Waals surface area (Å²) >= 11 is 0. The number of morpholine rings is 1. The van der Waals surface area contributed by atoms with Crippen molar-refractivity contribution in [3.8, 4) is 17.0 Å². The highest BCUT2D eigenvalue weighted by atomic mass is 16.6. The van der Waals surface area contributed by atoms with Gasteiger partial charge in [0.25, 0.3) is 17.7 Å². The predicted octanol–water partition coefficient (Wildman–Crippen LogP) is 4.76. The number of carbonyl (C=O) groups is 7. The minimum atomic E-state index is -0.976. The molecule has 3 aromatic carbocycles. The Kier molecular flexibility index (Phi) is 20.0. The maximum atomic E-state index is 13.9. The fraction of sp³-hybridized carbons (Fsp3) is 0.368. The second-order valence-corrected chi connectivity index (χ2v) is 19.3. The van der Waals surface area contributed by atoms with Crippen LogP contribution >= 0.6 is 0 Å². The van der Waals surface area contributed by atoms with Crippen LogP contribution < -0.4 is 42.4 Å². The van der Waals surface area contributed by atoms with E-state index in [4.69, 9.17) is 25.7 Å². The van der Waals surface area contributed by atoms with Crippen LogP contribution in [0.1, 0.15) is 73.0 Å². The van der Waals surface area contributed by atoms with Gasteiger partial charge in [0.05, 0.1) is 49.2 Å². The number of pyridine rings is 1. The SMILES string of the molecule is NCCCC[C@H](NC(=O)[C@H](Cc1ccccc1)NC(=O)CCCCCN1C(=O)C=CC1=O)C(=O)Nc1ccc(COC(=O)N2CC[C@@H](Oc3ccc(-c4cnc(N)c(C(=O)Nc5cnccc5N5CCOCC5)n4)cc3)C2)cc1.